The molecule has 1 heterocycles. The molecule has 3 N–H and O–H groups in total. The van der Waals surface area contributed by atoms with Gasteiger partial charge in [0, 0.05) is 12.1 Å². The lowest BCUT2D eigenvalue weighted by atomic mass is 10.1. The van der Waals surface area contributed by atoms with Gasteiger partial charge in [0.05, 0.1) is 21.7 Å². The van der Waals surface area contributed by atoms with Crippen LogP contribution in [0.3, 0.4) is 0 Å². The zero-order chi connectivity index (χ0) is 20.6. The van der Waals surface area contributed by atoms with Gasteiger partial charge in [-0.3, -0.25) is 4.72 Å². The minimum atomic E-state index is -4.28. The Hall–Kier alpha value is -3.27. The number of aryl methyl sites for hydroxylation is 1. The SMILES string of the molecule is Cc1cc(C(=O)O)cc(S(=O)(=O)Nc2cc3c(cc2C(=O)O)OCCO3)c1C. The van der Waals surface area contributed by atoms with Crippen LogP contribution in [-0.4, -0.2) is 43.8 Å². The number of nitrogens with one attached hydrogen (secondary N) is 1. The fourth-order valence-electron chi connectivity index (χ4n) is 2.78. The van der Waals surface area contributed by atoms with Crippen LogP contribution in [0.25, 0.3) is 0 Å². The van der Waals surface area contributed by atoms with E-state index in [1.165, 1.54) is 25.1 Å². The second-order valence-electron chi connectivity index (χ2n) is 6.17. The molecule has 1 aliphatic heterocycles. The number of carboxylic acid groups (broad SMARTS) is 2. The second kappa shape index (κ2) is 7.04. The van der Waals surface area contributed by atoms with Crippen molar-refractivity contribution in [3.63, 3.8) is 0 Å². The molecule has 9 nitrogen and oxygen atoms in total. The molecule has 0 radical (unpaired) electrons. The first-order valence-corrected chi connectivity index (χ1v) is 9.63. The van der Waals surface area contributed by atoms with Gasteiger partial charge in [0.2, 0.25) is 0 Å². The van der Waals surface area contributed by atoms with Crippen LogP contribution >= 0.6 is 0 Å². The molecule has 1 aliphatic rings. The highest BCUT2D eigenvalue weighted by molar-refractivity contribution is 7.92. The Morgan fingerprint density at radius 3 is 2.14 bits per heavy atom. The number of carboxylic acids is 2. The van der Waals surface area contributed by atoms with E-state index in [0.717, 1.165) is 6.07 Å². The number of fused-ring (bicyclic) bond motifs is 1. The lowest BCUT2D eigenvalue weighted by Crippen LogP contribution is -2.20. The van der Waals surface area contributed by atoms with Gasteiger partial charge in [-0.15, -0.1) is 0 Å². The summed E-state index contributed by atoms with van der Waals surface area (Å²) in [5, 5.41) is 18.6. The summed E-state index contributed by atoms with van der Waals surface area (Å²) >= 11 is 0. The summed E-state index contributed by atoms with van der Waals surface area (Å²) in [6.45, 7) is 3.62. The van der Waals surface area contributed by atoms with Gasteiger partial charge in [-0.05, 0) is 37.1 Å². The molecule has 0 unspecified atom stereocenters. The Bertz CT molecular complexity index is 1090. The first-order chi connectivity index (χ1) is 13.1. The molecule has 3 rings (SSSR count). The predicted molar refractivity (Wildman–Crippen MR) is 98.1 cm³/mol. The van der Waals surface area contributed by atoms with Crippen molar-refractivity contribution in [1.29, 1.82) is 0 Å². The lowest BCUT2D eigenvalue weighted by molar-refractivity contribution is 0.0686. The Morgan fingerprint density at radius 1 is 0.964 bits per heavy atom. The first-order valence-electron chi connectivity index (χ1n) is 8.14. The van der Waals surface area contributed by atoms with Crippen molar-refractivity contribution in [2.45, 2.75) is 18.7 Å². The van der Waals surface area contributed by atoms with E-state index < -0.39 is 22.0 Å². The molecule has 2 aromatic rings. The second-order valence-corrected chi connectivity index (χ2v) is 7.82. The van der Waals surface area contributed by atoms with Gasteiger partial charge in [-0.1, -0.05) is 0 Å². The molecular weight excluding hydrogens is 390 g/mol. The van der Waals surface area contributed by atoms with E-state index in [-0.39, 0.29) is 46.4 Å². The summed E-state index contributed by atoms with van der Waals surface area (Å²) in [6, 6.07) is 4.81. The highest BCUT2D eigenvalue weighted by Gasteiger charge is 2.25. The molecule has 2 aromatic carbocycles. The molecule has 0 amide bonds. The maximum atomic E-state index is 12.9. The molecule has 148 valence electrons. The maximum Gasteiger partial charge on any atom is 0.337 e. The fourth-order valence-corrected chi connectivity index (χ4v) is 4.19. The van der Waals surface area contributed by atoms with Crippen molar-refractivity contribution in [1.82, 2.24) is 0 Å². The standard InChI is InChI=1S/C18H17NO8S/c1-9-5-11(17(20)21)6-16(10(9)2)28(24,25)19-13-8-15-14(26-3-4-27-15)7-12(13)18(22)23/h5-8,19H,3-4H2,1-2H3,(H,20,21)(H,22,23). The van der Waals surface area contributed by atoms with Gasteiger partial charge in [-0.2, -0.15) is 0 Å². The fraction of sp³-hybridized carbons (Fsp3) is 0.222. The molecule has 10 heteroatoms. The highest BCUT2D eigenvalue weighted by Crippen LogP contribution is 2.37. The Kier molecular flexibility index (Phi) is 4.90. The number of anilines is 1. The van der Waals surface area contributed by atoms with Crippen LogP contribution in [0.2, 0.25) is 0 Å². The molecule has 0 saturated heterocycles. The number of ether oxygens (including phenoxy) is 2. The molecule has 0 saturated carbocycles. The van der Waals surface area contributed by atoms with Gasteiger partial charge < -0.3 is 19.7 Å². The summed E-state index contributed by atoms with van der Waals surface area (Å²) in [5.41, 5.74) is 0.100. The van der Waals surface area contributed by atoms with Gasteiger partial charge in [0.1, 0.15) is 13.2 Å². The van der Waals surface area contributed by atoms with Crippen LogP contribution in [0, 0.1) is 13.8 Å². The maximum absolute atomic E-state index is 12.9. The third-order valence-electron chi connectivity index (χ3n) is 4.31. The largest absolute Gasteiger partial charge is 0.486 e. The first kappa shape index (κ1) is 19.5. The van der Waals surface area contributed by atoms with Crippen LogP contribution in [0.15, 0.2) is 29.2 Å². The number of hydrogen-bond donors (Lipinski definition) is 3. The third-order valence-corrected chi connectivity index (χ3v) is 5.80. The van der Waals surface area contributed by atoms with Gasteiger partial charge in [0.15, 0.2) is 11.5 Å². The average Bonchev–Trinajstić information content (AvgIpc) is 2.62. The molecule has 0 aromatic heterocycles. The Labute approximate surface area is 160 Å². The quantitative estimate of drug-likeness (QED) is 0.686. The third kappa shape index (κ3) is 3.58. The van der Waals surface area contributed by atoms with Crippen molar-refractivity contribution in [3.05, 3.63) is 46.5 Å². The molecule has 0 atom stereocenters. The summed E-state index contributed by atoms with van der Waals surface area (Å²) in [4.78, 5) is 22.6. The van der Waals surface area contributed by atoms with E-state index in [0.29, 0.717) is 11.1 Å². The zero-order valence-corrected chi connectivity index (χ0v) is 15.8. The molecule has 0 fully saturated rings. The minimum absolute atomic E-state index is 0.191. The van der Waals surface area contributed by atoms with Crippen LogP contribution in [0.1, 0.15) is 31.8 Å². The van der Waals surface area contributed by atoms with Crippen LogP contribution in [-0.2, 0) is 10.0 Å². The van der Waals surface area contributed by atoms with Crippen LogP contribution in [0.4, 0.5) is 5.69 Å². The van der Waals surface area contributed by atoms with E-state index in [9.17, 15) is 28.2 Å². The number of sulfonamides is 1. The zero-order valence-electron chi connectivity index (χ0n) is 15.0. The molecular formula is C18H17NO8S. The minimum Gasteiger partial charge on any atom is -0.486 e. The number of carbonyl (C=O) groups is 2. The van der Waals surface area contributed by atoms with E-state index in [4.69, 9.17) is 9.47 Å². The molecule has 28 heavy (non-hydrogen) atoms. The smallest absolute Gasteiger partial charge is 0.337 e. The van der Waals surface area contributed by atoms with Gasteiger partial charge in [-0.25, -0.2) is 18.0 Å². The Morgan fingerprint density at radius 2 is 1.57 bits per heavy atom. The van der Waals surface area contributed by atoms with Crippen molar-refractivity contribution in [2.75, 3.05) is 17.9 Å². The Balaban J connectivity index is 2.11. The monoisotopic (exact) mass is 407 g/mol. The molecule has 0 bridgehead atoms. The van der Waals surface area contributed by atoms with E-state index in [1.807, 2.05) is 0 Å². The van der Waals surface area contributed by atoms with Crippen LogP contribution < -0.4 is 14.2 Å². The summed E-state index contributed by atoms with van der Waals surface area (Å²) in [5.74, 6) is -2.22. The topological polar surface area (TPSA) is 139 Å². The van der Waals surface area contributed by atoms with Crippen molar-refractivity contribution in [2.24, 2.45) is 0 Å². The molecule has 0 aliphatic carbocycles. The normalized spacial score (nSPS) is 13.1. The van der Waals surface area contributed by atoms with E-state index in [2.05, 4.69) is 4.72 Å². The summed E-state index contributed by atoms with van der Waals surface area (Å²) in [6.07, 6.45) is 0. The predicted octanol–water partition coefficient (Wildman–Crippen LogP) is 2.27. The van der Waals surface area contributed by atoms with Crippen molar-refractivity contribution < 1.29 is 37.7 Å². The van der Waals surface area contributed by atoms with Gasteiger partial charge in [0.25, 0.3) is 10.0 Å². The van der Waals surface area contributed by atoms with Gasteiger partial charge >= 0.3 is 11.9 Å². The van der Waals surface area contributed by atoms with E-state index in [1.54, 1.807) is 6.92 Å². The summed E-state index contributed by atoms with van der Waals surface area (Å²) < 4.78 is 38.8. The number of rotatable bonds is 5. The number of benzene rings is 2. The van der Waals surface area contributed by atoms with E-state index >= 15 is 0 Å². The average molecular weight is 407 g/mol. The highest BCUT2D eigenvalue weighted by atomic mass is 32.2. The van der Waals surface area contributed by atoms with Crippen molar-refractivity contribution >= 4 is 27.6 Å². The number of hydrogen-bond acceptors (Lipinski definition) is 6. The van der Waals surface area contributed by atoms with Crippen LogP contribution in [0.5, 0.6) is 11.5 Å². The number of aromatic carboxylic acids is 2. The lowest BCUT2D eigenvalue weighted by Gasteiger charge is -2.21. The summed E-state index contributed by atoms with van der Waals surface area (Å²) in [7, 11) is -4.28. The molecule has 0 spiro atoms. The van der Waals surface area contributed by atoms with Crippen molar-refractivity contribution in [3.8, 4) is 11.5 Å².